The van der Waals surface area contributed by atoms with Gasteiger partial charge in [0.05, 0.1) is 0 Å². The van der Waals surface area contributed by atoms with Crippen LogP contribution in [0.25, 0.3) is 0 Å². The summed E-state index contributed by atoms with van der Waals surface area (Å²) in [6, 6.07) is 5.65. The second kappa shape index (κ2) is 8.12. The van der Waals surface area contributed by atoms with Crippen LogP contribution in [0.15, 0.2) is 18.2 Å². The fraction of sp³-hybridized carbons (Fsp3) is 0.625. The Hall–Kier alpha value is -1.05. The van der Waals surface area contributed by atoms with Gasteiger partial charge in [-0.2, -0.15) is 0 Å². The second-order valence-electron chi connectivity index (χ2n) is 5.14. The van der Waals surface area contributed by atoms with E-state index < -0.39 is 0 Å². The zero-order chi connectivity index (χ0) is 13.4. The molecule has 1 atom stereocenters. The Balaban J connectivity index is 2.58. The quantitative estimate of drug-likeness (QED) is 0.619. The summed E-state index contributed by atoms with van der Waals surface area (Å²) in [5.41, 5.74) is 1.89. The molecular weight excluding hydrogens is 225 g/mol. The van der Waals surface area contributed by atoms with Gasteiger partial charge in [-0.1, -0.05) is 39.5 Å². The molecule has 0 spiro atoms. The Morgan fingerprint density at radius 3 is 2.44 bits per heavy atom. The minimum Gasteiger partial charge on any atom is -0.382 e. The van der Waals surface area contributed by atoms with Crippen LogP contribution in [0.5, 0.6) is 0 Å². The summed E-state index contributed by atoms with van der Waals surface area (Å²) in [5.74, 6) is -0.152. The Morgan fingerprint density at radius 2 is 1.83 bits per heavy atom. The summed E-state index contributed by atoms with van der Waals surface area (Å²) in [6.07, 6.45) is 7.28. The number of hydrogen-bond donors (Lipinski definition) is 1. The number of nitrogens with one attached hydrogen (secondary N) is 1. The Kier molecular flexibility index (Phi) is 6.77. The lowest BCUT2D eigenvalue weighted by molar-refractivity contribution is 0.549. The number of halogens is 1. The maximum Gasteiger partial charge on any atom is 0.125 e. The molecule has 0 aromatic heterocycles. The van der Waals surface area contributed by atoms with Gasteiger partial charge in [0.15, 0.2) is 0 Å². The fourth-order valence-electron chi connectivity index (χ4n) is 2.33. The second-order valence-corrected chi connectivity index (χ2v) is 5.14. The van der Waals surface area contributed by atoms with E-state index >= 15 is 0 Å². The van der Waals surface area contributed by atoms with Crippen LogP contribution in [0.3, 0.4) is 0 Å². The van der Waals surface area contributed by atoms with Crippen LogP contribution < -0.4 is 5.32 Å². The van der Waals surface area contributed by atoms with E-state index in [9.17, 15) is 4.39 Å². The van der Waals surface area contributed by atoms with Crippen LogP contribution in [-0.2, 0) is 0 Å². The fourth-order valence-corrected chi connectivity index (χ4v) is 2.33. The van der Waals surface area contributed by atoms with Crippen LogP contribution in [0, 0.1) is 12.7 Å². The zero-order valence-electron chi connectivity index (χ0n) is 11.9. The van der Waals surface area contributed by atoms with Gasteiger partial charge in [0.2, 0.25) is 0 Å². The maximum absolute atomic E-state index is 13.3. The van der Waals surface area contributed by atoms with Crippen molar-refractivity contribution >= 4 is 5.69 Å². The van der Waals surface area contributed by atoms with E-state index in [-0.39, 0.29) is 5.82 Å². The van der Waals surface area contributed by atoms with Crippen molar-refractivity contribution in [2.75, 3.05) is 5.32 Å². The normalized spacial score (nSPS) is 12.4. The number of aryl methyl sites for hydroxylation is 1. The number of benzene rings is 1. The molecule has 1 nitrogen and oxygen atoms in total. The van der Waals surface area contributed by atoms with Gasteiger partial charge in [0.25, 0.3) is 0 Å². The summed E-state index contributed by atoms with van der Waals surface area (Å²) < 4.78 is 13.3. The van der Waals surface area contributed by atoms with E-state index in [2.05, 4.69) is 19.2 Å². The summed E-state index contributed by atoms with van der Waals surface area (Å²) in [7, 11) is 0. The first-order valence-corrected chi connectivity index (χ1v) is 7.19. The predicted octanol–water partition coefficient (Wildman–Crippen LogP) is 5.30. The van der Waals surface area contributed by atoms with Crippen molar-refractivity contribution in [1.29, 1.82) is 0 Å². The lowest BCUT2D eigenvalue weighted by atomic mass is 10.0. The van der Waals surface area contributed by atoms with E-state index in [1.54, 1.807) is 12.1 Å². The molecule has 0 aliphatic carbocycles. The Labute approximate surface area is 111 Å². The molecule has 0 radical (unpaired) electrons. The summed E-state index contributed by atoms with van der Waals surface area (Å²) in [6.45, 7) is 6.35. The third-order valence-electron chi connectivity index (χ3n) is 3.21. The van der Waals surface area contributed by atoms with Gasteiger partial charge < -0.3 is 5.32 Å². The standard InChI is InChI=1S/C16H26FN/c1-4-6-7-9-15(8-5-2)18-16-11-13(3)10-14(17)12-16/h10-12,15,18H,4-9H2,1-3H3. The van der Waals surface area contributed by atoms with Crippen molar-refractivity contribution in [3.05, 3.63) is 29.6 Å². The SMILES string of the molecule is CCCCCC(CCC)Nc1cc(C)cc(F)c1. The average molecular weight is 251 g/mol. The van der Waals surface area contributed by atoms with Crippen molar-refractivity contribution in [3.63, 3.8) is 0 Å². The molecule has 0 aliphatic heterocycles. The molecule has 2 heteroatoms. The molecule has 0 heterocycles. The van der Waals surface area contributed by atoms with Crippen molar-refractivity contribution in [2.45, 2.75) is 65.3 Å². The number of unbranched alkanes of at least 4 members (excludes halogenated alkanes) is 2. The van der Waals surface area contributed by atoms with Gasteiger partial charge in [-0.15, -0.1) is 0 Å². The molecule has 0 bridgehead atoms. The summed E-state index contributed by atoms with van der Waals surface area (Å²) in [4.78, 5) is 0. The Bertz CT molecular complexity index is 329. The van der Waals surface area contributed by atoms with Crippen molar-refractivity contribution in [2.24, 2.45) is 0 Å². The molecule has 18 heavy (non-hydrogen) atoms. The van der Waals surface area contributed by atoms with Crippen LogP contribution in [0.1, 0.15) is 57.9 Å². The molecule has 1 aromatic carbocycles. The first-order valence-electron chi connectivity index (χ1n) is 7.19. The highest BCUT2D eigenvalue weighted by Gasteiger charge is 2.08. The van der Waals surface area contributed by atoms with Crippen LogP contribution in [-0.4, -0.2) is 6.04 Å². The average Bonchev–Trinajstić information content (AvgIpc) is 2.28. The van der Waals surface area contributed by atoms with Crippen molar-refractivity contribution in [3.8, 4) is 0 Å². The monoisotopic (exact) mass is 251 g/mol. The van der Waals surface area contributed by atoms with Crippen molar-refractivity contribution < 1.29 is 4.39 Å². The molecule has 0 fully saturated rings. The van der Waals surface area contributed by atoms with Crippen LogP contribution in [0.4, 0.5) is 10.1 Å². The van der Waals surface area contributed by atoms with Gasteiger partial charge in [-0.05, 0) is 43.5 Å². The molecule has 0 saturated carbocycles. The molecule has 0 saturated heterocycles. The lowest BCUT2D eigenvalue weighted by Crippen LogP contribution is -2.19. The van der Waals surface area contributed by atoms with E-state index in [0.29, 0.717) is 6.04 Å². The zero-order valence-corrected chi connectivity index (χ0v) is 11.9. The van der Waals surface area contributed by atoms with Crippen LogP contribution >= 0.6 is 0 Å². The largest absolute Gasteiger partial charge is 0.382 e. The highest BCUT2D eigenvalue weighted by atomic mass is 19.1. The minimum atomic E-state index is -0.152. The molecule has 1 rings (SSSR count). The summed E-state index contributed by atoms with van der Waals surface area (Å²) >= 11 is 0. The lowest BCUT2D eigenvalue weighted by Gasteiger charge is -2.19. The summed E-state index contributed by atoms with van der Waals surface area (Å²) in [5, 5.41) is 3.48. The van der Waals surface area contributed by atoms with Crippen LogP contribution in [0.2, 0.25) is 0 Å². The first kappa shape index (κ1) is 15.0. The van der Waals surface area contributed by atoms with Gasteiger partial charge >= 0.3 is 0 Å². The third-order valence-corrected chi connectivity index (χ3v) is 3.21. The van der Waals surface area contributed by atoms with E-state index in [4.69, 9.17) is 0 Å². The molecule has 1 unspecified atom stereocenters. The first-order chi connectivity index (χ1) is 8.65. The smallest absolute Gasteiger partial charge is 0.125 e. The topological polar surface area (TPSA) is 12.0 Å². The maximum atomic E-state index is 13.3. The molecule has 1 aromatic rings. The predicted molar refractivity (Wildman–Crippen MR) is 77.6 cm³/mol. The van der Waals surface area contributed by atoms with Gasteiger partial charge in [0, 0.05) is 11.7 Å². The highest BCUT2D eigenvalue weighted by molar-refractivity contribution is 5.46. The van der Waals surface area contributed by atoms with E-state index in [0.717, 1.165) is 24.1 Å². The van der Waals surface area contributed by atoms with Gasteiger partial charge in [-0.3, -0.25) is 0 Å². The molecule has 1 N–H and O–H groups in total. The Morgan fingerprint density at radius 1 is 1.06 bits per heavy atom. The number of anilines is 1. The molecule has 102 valence electrons. The number of hydrogen-bond acceptors (Lipinski definition) is 1. The minimum absolute atomic E-state index is 0.152. The van der Waals surface area contributed by atoms with Gasteiger partial charge in [0.1, 0.15) is 5.82 Å². The molecule has 0 aliphatic rings. The van der Waals surface area contributed by atoms with Gasteiger partial charge in [-0.25, -0.2) is 4.39 Å². The van der Waals surface area contributed by atoms with E-state index in [1.165, 1.54) is 25.7 Å². The van der Waals surface area contributed by atoms with Crippen molar-refractivity contribution in [1.82, 2.24) is 0 Å². The molecule has 0 amide bonds. The third kappa shape index (κ3) is 5.52. The van der Waals surface area contributed by atoms with E-state index in [1.807, 2.05) is 13.0 Å². The number of rotatable bonds is 8. The highest BCUT2D eigenvalue weighted by Crippen LogP contribution is 2.18. The molecular formula is C16H26FN.